The molecule has 0 radical (unpaired) electrons. The first-order valence-electron chi connectivity index (χ1n) is 11.1. The number of aryl methyl sites for hydroxylation is 2. The van der Waals surface area contributed by atoms with E-state index in [2.05, 4.69) is 4.99 Å². The number of hydrogen-bond acceptors (Lipinski definition) is 8. The highest BCUT2D eigenvalue weighted by Gasteiger charge is 2.23. The maximum atomic E-state index is 12.0. The van der Waals surface area contributed by atoms with Gasteiger partial charge in [-0.2, -0.15) is 4.99 Å². The number of halogens is 1. The van der Waals surface area contributed by atoms with Gasteiger partial charge in [0.05, 0.1) is 41.2 Å². The molecule has 0 aromatic heterocycles. The Labute approximate surface area is 238 Å². The molecule has 39 heavy (non-hydrogen) atoms. The van der Waals surface area contributed by atoms with Crippen LogP contribution >= 0.6 is 11.6 Å². The second kappa shape index (κ2) is 13.7. The first kappa shape index (κ1) is 34.6. The van der Waals surface area contributed by atoms with Crippen LogP contribution in [0.3, 0.4) is 0 Å². The van der Waals surface area contributed by atoms with Gasteiger partial charge in [0.1, 0.15) is 0 Å². The summed E-state index contributed by atoms with van der Waals surface area (Å²) in [5.74, 6) is -0.591. The summed E-state index contributed by atoms with van der Waals surface area (Å²) >= 11 is 5.39. The molecule has 0 spiro atoms. The van der Waals surface area contributed by atoms with Crippen LogP contribution in [0.1, 0.15) is 45.7 Å². The van der Waals surface area contributed by atoms with Crippen molar-refractivity contribution in [2.75, 3.05) is 24.0 Å². The van der Waals surface area contributed by atoms with Crippen LogP contribution in [0.4, 0.5) is 0 Å². The summed E-state index contributed by atoms with van der Waals surface area (Å²) in [5.41, 5.74) is 11.4. The predicted octanol–water partition coefficient (Wildman–Crippen LogP) is 1.84. The molecule has 2 aromatic carbocycles. The minimum Gasteiger partial charge on any atom is -0.370 e. The van der Waals surface area contributed by atoms with Crippen LogP contribution in [0.2, 0.25) is 0 Å². The number of carbonyl (C=O) groups excluding carboxylic acids is 2. The van der Waals surface area contributed by atoms with Gasteiger partial charge >= 0.3 is 0 Å². The van der Waals surface area contributed by atoms with Crippen molar-refractivity contribution in [3.63, 3.8) is 0 Å². The molecule has 4 N–H and O–H groups in total. The van der Waals surface area contributed by atoms with Crippen molar-refractivity contribution in [2.45, 2.75) is 47.3 Å². The molecule has 0 heterocycles. The second-order valence-electron chi connectivity index (χ2n) is 8.16. The Morgan fingerprint density at radius 1 is 0.795 bits per heavy atom. The van der Waals surface area contributed by atoms with Gasteiger partial charge in [0.25, 0.3) is 11.1 Å². The van der Waals surface area contributed by atoms with Gasteiger partial charge in [-0.1, -0.05) is 13.8 Å². The van der Waals surface area contributed by atoms with Crippen LogP contribution in [0, 0.1) is 13.8 Å². The van der Waals surface area contributed by atoms with Crippen molar-refractivity contribution in [2.24, 2.45) is 16.5 Å². The molecule has 2 rings (SSSR count). The van der Waals surface area contributed by atoms with Crippen molar-refractivity contribution < 1.29 is 34.8 Å². The van der Waals surface area contributed by atoms with Gasteiger partial charge in [-0.15, -0.1) is 0 Å². The molecule has 2 aromatic rings. The maximum absolute atomic E-state index is 12.0. The quantitative estimate of drug-likeness (QED) is 0.244. The van der Waals surface area contributed by atoms with E-state index in [1.165, 1.54) is 24.3 Å². The van der Waals surface area contributed by atoms with Gasteiger partial charge in [0.15, 0.2) is 25.6 Å². The monoisotopic (exact) mass is 639 g/mol. The fourth-order valence-electron chi connectivity index (χ4n) is 3.19. The Kier molecular flexibility index (Phi) is 12.2. The van der Waals surface area contributed by atoms with Crippen LogP contribution in [0.5, 0.6) is 0 Å². The van der Waals surface area contributed by atoms with E-state index in [1.54, 1.807) is 27.7 Å². The Balaban J connectivity index is 0.000000395. The second-order valence-corrected chi connectivity index (χ2v) is 15.9. The van der Waals surface area contributed by atoms with Crippen molar-refractivity contribution >= 4 is 70.0 Å². The Bertz CT molecular complexity index is 1600. The van der Waals surface area contributed by atoms with Gasteiger partial charge < -0.3 is 11.5 Å². The van der Waals surface area contributed by atoms with Crippen LogP contribution in [-0.4, -0.2) is 66.4 Å². The van der Waals surface area contributed by atoms with E-state index in [0.29, 0.717) is 16.9 Å². The van der Waals surface area contributed by atoms with E-state index in [1.807, 2.05) is 0 Å². The summed E-state index contributed by atoms with van der Waals surface area (Å²) in [5, 5.41) is -0.730. The van der Waals surface area contributed by atoms with E-state index in [-0.39, 0.29) is 36.5 Å². The van der Waals surface area contributed by atoms with Crippen LogP contribution in [0.25, 0.3) is 0 Å². The van der Waals surface area contributed by atoms with Crippen molar-refractivity contribution in [3.05, 3.63) is 46.5 Å². The molecule has 0 saturated heterocycles. The molecule has 0 aliphatic rings. The SMILES string of the molecule is CCS(=O)c1cc(C)c(C(=O)Cl)cc1S(C)(=O)=O.CCS(=O)c1cc(C)c(C(=O)N=C(N)N)cc1S(C)(=O)=O. The highest BCUT2D eigenvalue weighted by molar-refractivity contribution is 7.92. The number of rotatable bonds is 8. The first-order valence-corrected chi connectivity index (χ1v) is 17.9. The maximum Gasteiger partial charge on any atom is 0.280 e. The minimum absolute atomic E-state index is 0.0562. The third-order valence-corrected chi connectivity index (χ3v) is 10.5. The number of carbonyl (C=O) groups is 2. The molecule has 2 atom stereocenters. The number of nitrogens with zero attached hydrogens (tertiary/aromatic N) is 1. The molecule has 0 fully saturated rings. The summed E-state index contributed by atoms with van der Waals surface area (Å²) in [6, 6.07) is 5.24. The van der Waals surface area contributed by atoms with E-state index in [9.17, 15) is 34.8 Å². The smallest absolute Gasteiger partial charge is 0.280 e. The molecule has 0 aliphatic heterocycles. The van der Waals surface area contributed by atoms with Gasteiger partial charge in [0, 0.05) is 35.1 Å². The molecule has 0 bridgehead atoms. The van der Waals surface area contributed by atoms with E-state index in [0.717, 1.165) is 12.5 Å². The number of guanidine groups is 1. The lowest BCUT2D eigenvalue weighted by Crippen LogP contribution is -2.24. The largest absolute Gasteiger partial charge is 0.370 e. The lowest BCUT2D eigenvalue weighted by molar-refractivity contribution is 0.100. The number of amides is 1. The number of sulfone groups is 2. The Hall–Kier alpha value is -2.46. The number of nitrogens with two attached hydrogens (primary N) is 2. The lowest BCUT2D eigenvalue weighted by atomic mass is 10.1. The van der Waals surface area contributed by atoms with Crippen molar-refractivity contribution in [1.29, 1.82) is 0 Å². The van der Waals surface area contributed by atoms with Gasteiger partial charge in [-0.3, -0.25) is 18.0 Å². The lowest BCUT2D eigenvalue weighted by Gasteiger charge is -2.11. The normalized spacial score (nSPS) is 13.0. The molecule has 16 heteroatoms. The molecular weight excluding hydrogens is 610 g/mol. The number of hydrogen-bond donors (Lipinski definition) is 2. The number of aliphatic imine (C=N–C) groups is 1. The topological polar surface area (TPSA) is 201 Å². The average molecular weight is 640 g/mol. The third kappa shape index (κ3) is 9.31. The average Bonchev–Trinajstić information content (AvgIpc) is 2.80. The summed E-state index contributed by atoms with van der Waals surface area (Å²) in [7, 11) is -10.1. The standard InChI is InChI=1S/C12H17N3O4S2.C11H13ClO4S2/c1-4-20(17)9-5-7(2)8(11(16)15-12(13)14)6-10(9)21(3,18)19;1-4-17(14)9-5-7(2)8(11(12)13)6-10(9)18(3,15)16/h5-6H,4H2,1-3H3,(H4,13,14,15,16);5-6H,4H2,1-3H3. The van der Waals surface area contributed by atoms with E-state index in [4.69, 9.17) is 23.1 Å². The molecule has 1 amide bonds. The third-order valence-electron chi connectivity index (χ3n) is 5.07. The highest BCUT2D eigenvalue weighted by atomic mass is 35.5. The van der Waals surface area contributed by atoms with Crippen molar-refractivity contribution in [3.8, 4) is 0 Å². The predicted molar refractivity (Wildman–Crippen MR) is 153 cm³/mol. The van der Waals surface area contributed by atoms with E-state index < -0.39 is 58.4 Å². The zero-order valence-electron chi connectivity index (χ0n) is 22.1. The molecular formula is C23H30ClN3O8S4. The summed E-state index contributed by atoms with van der Waals surface area (Å²) in [6.07, 6.45) is 2.00. The summed E-state index contributed by atoms with van der Waals surface area (Å²) in [6.45, 7) is 6.59. The Morgan fingerprint density at radius 2 is 1.15 bits per heavy atom. The fourth-order valence-corrected chi connectivity index (χ4v) is 8.18. The summed E-state index contributed by atoms with van der Waals surface area (Å²) < 4.78 is 70.9. The Morgan fingerprint density at radius 3 is 1.46 bits per heavy atom. The van der Waals surface area contributed by atoms with Gasteiger partial charge in [-0.05, 0) is 60.8 Å². The van der Waals surface area contributed by atoms with Crippen LogP contribution in [0.15, 0.2) is 48.8 Å². The fraction of sp³-hybridized carbons (Fsp3) is 0.348. The van der Waals surface area contributed by atoms with Crippen LogP contribution in [-0.2, 0) is 41.3 Å². The van der Waals surface area contributed by atoms with Crippen LogP contribution < -0.4 is 11.5 Å². The van der Waals surface area contributed by atoms with Gasteiger partial charge in [0.2, 0.25) is 0 Å². The molecule has 2 unspecified atom stereocenters. The minimum atomic E-state index is -3.65. The molecule has 0 aliphatic carbocycles. The first-order chi connectivity index (χ1) is 17.8. The molecule has 216 valence electrons. The van der Waals surface area contributed by atoms with Gasteiger partial charge in [-0.25, -0.2) is 16.8 Å². The molecule has 11 nitrogen and oxygen atoms in total. The highest BCUT2D eigenvalue weighted by Crippen LogP contribution is 2.26. The van der Waals surface area contributed by atoms with E-state index >= 15 is 0 Å². The molecule has 0 saturated carbocycles. The van der Waals surface area contributed by atoms with Crippen molar-refractivity contribution in [1.82, 2.24) is 0 Å². The number of benzene rings is 2. The zero-order valence-corrected chi connectivity index (χ0v) is 26.1. The summed E-state index contributed by atoms with van der Waals surface area (Å²) in [4.78, 5) is 26.6. The zero-order chi connectivity index (χ0) is 30.5.